The van der Waals surface area contributed by atoms with E-state index in [4.69, 9.17) is 4.74 Å². The minimum absolute atomic E-state index is 0.149. The van der Waals surface area contributed by atoms with Crippen LogP contribution in [-0.2, 0) is 31.4 Å². The third-order valence-corrected chi connectivity index (χ3v) is 6.31. The van der Waals surface area contributed by atoms with Gasteiger partial charge < -0.3 is 4.74 Å². The number of benzene rings is 2. The molecular weight excluding hydrogens is 412 g/mol. The van der Waals surface area contributed by atoms with Gasteiger partial charge >= 0.3 is 11.7 Å². The van der Waals surface area contributed by atoms with Gasteiger partial charge in [-0.1, -0.05) is 60.7 Å². The van der Waals surface area contributed by atoms with Crippen molar-refractivity contribution >= 4 is 27.5 Å². The minimum Gasteiger partial charge on any atom is -0.457 e. The van der Waals surface area contributed by atoms with Crippen molar-refractivity contribution in [1.82, 2.24) is 9.13 Å². The summed E-state index contributed by atoms with van der Waals surface area (Å²) in [7, 11) is 1.62. The zero-order chi connectivity index (χ0) is 21.8. The van der Waals surface area contributed by atoms with Crippen LogP contribution in [0.4, 0.5) is 0 Å². The molecule has 0 aliphatic rings. The van der Waals surface area contributed by atoms with Crippen LogP contribution in [0.1, 0.15) is 27.2 Å². The van der Waals surface area contributed by atoms with Gasteiger partial charge in [0.05, 0.1) is 5.39 Å². The van der Waals surface area contributed by atoms with E-state index < -0.39 is 5.97 Å². The van der Waals surface area contributed by atoms with Crippen LogP contribution in [0.15, 0.2) is 76.3 Å². The summed E-state index contributed by atoms with van der Waals surface area (Å²) in [6.07, 6.45) is 1.44. The predicted molar refractivity (Wildman–Crippen MR) is 122 cm³/mol. The molecule has 158 valence electrons. The van der Waals surface area contributed by atoms with E-state index in [-0.39, 0.29) is 17.9 Å². The molecule has 2 heterocycles. The van der Waals surface area contributed by atoms with Gasteiger partial charge in [-0.15, -0.1) is 11.3 Å². The Morgan fingerprint density at radius 1 is 0.968 bits per heavy atom. The lowest BCUT2D eigenvalue weighted by molar-refractivity contribution is 0.0478. The van der Waals surface area contributed by atoms with Gasteiger partial charge in [0.15, 0.2) is 0 Å². The van der Waals surface area contributed by atoms with Crippen LogP contribution in [0.2, 0.25) is 0 Å². The summed E-state index contributed by atoms with van der Waals surface area (Å²) >= 11 is 1.10. The Bertz CT molecular complexity index is 1320. The zero-order valence-electron chi connectivity index (χ0n) is 17.1. The van der Waals surface area contributed by atoms with Crippen LogP contribution in [0.3, 0.4) is 0 Å². The van der Waals surface area contributed by atoms with Gasteiger partial charge in [0, 0.05) is 13.6 Å². The lowest BCUT2D eigenvalue weighted by Crippen LogP contribution is -2.38. The first-order valence-electron chi connectivity index (χ1n) is 10.0. The molecule has 0 saturated heterocycles. The number of carbonyl (C=O) groups excluding carboxylic acids is 1. The molecule has 0 spiro atoms. The number of thiophene rings is 1. The maximum absolute atomic E-state index is 13.0. The number of aryl methyl sites for hydroxylation is 2. The first-order chi connectivity index (χ1) is 15.0. The molecule has 2 aromatic heterocycles. The molecule has 6 nitrogen and oxygen atoms in total. The van der Waals surface area contributed by atoms with Gasteiger partial charge in [-0.25, -0.2) is 9.59 Å². The summed E-state index contributed by atoms with van der Waals surface area (Å²) in [6.45, 7) is 0.469. The van der Waals surface area contributed by atoms with Crippen LogP contribution in [0.5, 0.6) is 0 Å². The fourth-order valence-corrected chi connectivity index (χ4v) is 4.46. The third-order valence-electron chi connectivity index (χ3n) is 5.11. The van der Waals surface area contributed by atoms with Crippen LogP contribution in [0, 0.1) is 0 Å². The number of carbonyl (C=O) groups is 1. The monoisotopic (exact) mass is 434 g/mol. The molecule has 0 aliphatic carbocycles. The fourth-order valence-electron chi connectivity index (χ4n) is 3.46. The Hall–Kier alpha value is -3.45. The largest absolute Gasteiger partial charge is 0.457 e. The molecule has 4 rings (SSSR count). The standard InChI is InChI=1S/C24H22N2O4S/c1-25-22-19(15-20(31-22)23(28)30-16-18-11-6-3-7-12-18)21(27)26(24(25)29)14-8-13-17-9-4-2-5-10-17/h2-7,9-12,15H,8,13-14,16H2,1H3. The number of esters is 1. The van der Waals surface area contributed by atoms with E-state index >= 15 is 0 Å². The van der Waals surface area contributed by atoms with E-state index in [2.05, 4.69) is 0 Å². The molecule has 0 bridgehead atoms. The molecule has 2 aromatic carbocycles. The fraction of sp³-hybridized carbons (Fsp3) is 0.208. The normalized spacial score (nSPS) is 11.0. The van der Waals surface area contributed by atoms with Gasteiger partial charge in [0.1, 0.15) is 16.3 Å². The number of rotatable bonds is 7. The van der Waals surface area contributed by atoms with Crippen molar-refractivity contribution in [1.29, 1.82) is 0 Å². The Morgan fingerprint density at radius 3 is 2.29 bits per heavy atom. The Kier molecular flexibility index (Phi) is 6.13. The topological polar surface area (TPSA) is 70.3 Å². The number of hydrogen-bond donors (Lipinski definition) is 0. The summed E-state index contributed by atoms with van der Waals surface area (Å²) in [5.41, 5.74) is 1.29. The van der Waals surface area contributed by atoms with Crippen LogP contribution in [-0.4, -0.2) is 15.1 Å². The van der Waals surface area contributed by atoms with Crippen molar-refractivity contribution in [2.75, 3.05) is 0 Å². The summed E-state index contributed by atoms with van der Waals surface area (Å²) in [4.78, 5) is 39.0. The molecule has 0 atom stereocenters. The minimum atomic E-state index is -0.507. The number of hydrogen-bond acceptors (Lipinski definition) is 5. The number of fused-ring (bicyclic) bond motifs is 1. The molecule has 0 radical (unpaired) electrons. The van der Waals surface area contributed by atoms with Gasteiger partial charge in [-0.05, 0) is 30.0 Å². The van der Waals surface area contributed by atoms with E-state index in [0.29, 0.717) is 28.1 Å². The maximum Gasteiger partial charge on any atom is 0.348 e. The lowest BCUT2D eigenvalue weighted by atomic mass is 10.1. The molecule has 0 unspecified atom stereocenters. The average molecular weight is 435 g/mol. The van der Waals surface area contributed by atoms with Crippen LogP contribution >= 0.6 is 11.3 Å². The molecule has 0 saturated carbocycles. The molecule has 0 fully saturated rings. The number of ether oxygens (including phenoxy) is 1. The second kappa shape index (κ2) is 9.14. The SMILES string of the molecule is Cn1c(=O)n(CCCc2ccccc2)c(=O)c2cc(C(=O)OCc3ccccc3)sc21. The second-order valence-electron chi connectivity index (χ2n) is 7.28. The maximum atomic E-state index is 13.0. The Labute approximate surface area is 183 Å². The third kappa shape index (κ3) is 4.51. The van der Waals surface area contributed by atoms with Gasteiger partial charge in [-0.2, -0.15) is 0 Å². The zero-order valence-corrected chi connectivity index (χ0v) is 17.9. The van der Waals surface area contributed by atoms with Crippen molar-refractivity contribution in [3.63, 3.8) is 0 Å². The molecule has 0 aliphatic heterocycles. The average Bonchev–Trinajstić information content (AvgIpc) is 3.26. The van der Waals surface area contributed by atoms with Crippen molar-refractivity contribution in [3.05, 3.63) is 104 Å². The van der Waals surface area contributed by atoms with Crippen molar-refractivity contribution in [3.8, 4) is 0 Å². The van der Waals surface area contributed by atoms with Crippen LogP contribution < -0.4 is 11.2 Å². The quantitative estimate of drug-likeness (QED) is 0.416. The molecule has 7 heteroatoms. The molecule has 0 N–H and O–H groups in total. The number of aromatic nitrogens is 2. The summed E-state index contributed by atoms with van der Waals surface area (Å²) in [5, 5.41) is 0.360. The van der Waals surface area contributed by atoms with Crippen LogP contribution in [0.25, 0.3) is 10.2 Å². The first-order valence-corrected chi connectivity index (χ1v) is 10.8. The second-order valence-corrected chi connectivity index (χ2v) is 8.31. The molecular formula is C24H22N2O4S. The summed E-state index contributed by atoms with van der Waals surface area (Å²) < 4.78 is 8.05. The number of nitrogens with zero attached hydrogens (tertiary/aromatic N) is 2. The van der Waals surface area contributed by atoms with E-state index in [1.54, 1.807) is 7.05 Å². The highest BCUT2D eigenvalue weighted by atomic mass is 32.1. The van der Waals surface area contributed by atoms with Crippen molar-refractivity contribution in [2.45, 2.75) is 26.0 Å². The smallest absolute Gasteiger partial charge is 0.348 e. The van der Waals surface area contributed by atoms with E-state index in [9.17, 15) is 14.4 Å². The summed E-state index contributed by atoms with van der Waals surface area (Å²) in [6, 6.07) is 20.9. The Morgan fingerprint density at radius 2 is 1.61 bits per heavy atom. The molecule has 0 amide bonds. The van der Waals surface area contributed by atoms with E-state index in [1.165, 1.54) is 15.2 Å². The molecule has 31 heavy (non-hydrogen) atoms. The highest BCUT2D eigenvalue weighted by molar-refractivity contribution is 7.20. The lowest BCUT2D eigenvalue weighted by Gasteiger charge is -2.08. The first kappa shape index (κ1) is 20.8. The highest BCUT2D eigenvalue weighted by Gasteiger charge is 2.18. The van der Waals surface area contributed by atoms with Gasteiger partial charge in [0.25, 0.3) is 5.56 Å². The van der Waals surface area contributed by atoms with E-state index in [0.717, 1.165) is 28.9 Å². The van der Waals surface area contributed by atoms with Gasteiger partial charge in [0.2, 0.25) is 0 Å². The van der Waals surface area contributed by atoms with Crippen molar-refractivity contribution in [2.24, 2.45) is 7.05 Å². The molecule has 4 aromatic rings. The van der Waals surface area contributed by atoms with E-state index in [1.807, 2.05) is 60.7 Å². The van der Waals surface area contributed by atoms with Gasteiger partial charge in [-0.3, -0.25) is 13.9 Å². The highest BCUT2D eigenvalue weighted by Crippen LogP contribution is 2.23. The Balaban J connectivity index is 1.55. The predicted octanol–water partition coefficient (Wildman–Crippen LogP) is 3.75. The van der Waals surface area contributed by atoms with Crippen molar-refractivity contribution < 1.29 is 9.53 Å². The summed E-state index contributed by atoms with van der Waals surface area (Å²) in [5.74, 6) is -0.507.